The minimum absolute atomic E-state index is 0.0631. The lowest BCUT2D eigenvalue weighted by atomic mass is 9.98. The summed E-state index contributed by atoms with van der Waals surface area (Å²) in [4.78, 5) is 57.3. The molecule has 0 aliphatic carbocycles. The molecule has 0 amide bonds. The topological polar surface area (TPSA) is 130 Å². The minimum atomic E-state index is -0.741. The maximum absolute atomic E-state index is 13.7. The zero-order valence-corrected chi connectivity index (χ0v) is 33.0. The summed E-state index contributed by atoms with van der Waals surface area (Å²) in [5.41, 5.74) is 1.80. The highest BCUT2D eigenvalue weighted by atomic mass is 16.7. The Morgan fingerprint density at radius 3 is 1.33 bits per heavy atom. The molecule has 4 rings (SSSR count). The molecular formula is C42H60N2O10. The van der Waals surface area contributed by atoms with Gasteiger partial charge < -0.3 is 28.4 Å². The second kappa shape index (κ2) is 21.9. The average molecular weight is 753 g/mol. The fraction of sp³-hybridized carbons (Fsp3) is 0.619. The van der Waals surface area contributed by atoms with Crippen molar-refractivity contribution in [2.45, 2.75) is 117 Å². The van der Waals surface area contributed by atoms with E-state index < -0.39 is 48.6 Å². The number of carbonyl (C=O) groups is 4. The summed E-state index contributed by atoms with van der Waals surface area (Å²) >= 11 is 0. The number of hydrogen-bond donors (Lipinski definition) is 0. The Kier molecular flexibility index (Phi) is 17.4. The molecule has 6 atom stereocenters. The van der Waals surface area contributed by atoms with Crippen LogP contribution in [0.4, 0.5) is 0 Å². The van der Waals surface area contributed by atoms with Crippen LogP contribution < -0.4 is 0 Å². The highest BCUT2D eigenvalue weighted by Crippen LogP contribution is 2.34. The number of fused-ring (bicyclic) bond motifs is 1. The lowest BCUT2D eigenvalue weighted by Gasteiger charge is -2.24. The number of esters is 4. The third-order valence-electron chi connectivity index (χ3n) is 10.2. The highest BCUT2D eigenvalue weighted by molar-refractivity contribution is 5.92. The molecule has 2 saturated heterocycles. The SMILES string of the molecule is CCCC[C@H](OC(=O)CN(CC)CC)c1ccccc1C(=O)O[C@H]1CO[C@H]2[C@@H]1OC[C@H]2OC(=O)c1ccccc1[C@H](CCCC)OC(=O)CN(CC)CC. The molecule has 0 radical (unpaired) electrons. The van der Waals surface area contributed by atoms with Crippen LogP contribution in [0.2, 0.25) is 0 Å². The molecule has 0 aromatic heterocycles. The van der Waals surface area contributed by atoms with Gasteiger partial charge in [-0.25, -0.2) is 9.59 Å². The predicted octanol–water partition coefficient (Wildman–Crippen LogP) is 6.47. The van der Waals surface area contributed by atoms with Gasteiger partial charge >= 0.3 is 23.9 Å². The van der Waals surface area contributed by atoms with Crippen LogP contribution in [0.15, 0.2) is 48.5 Å². The summed E-state index contributed by atoms with van der Waals surface area (Å²) < 4.78 is 36.0. The molecule has 0 unspecified atom stereocenters. The zero-order valence-electron chi connectivity index (χ0n) is 33.0. The van der Waals surface area contributed by atoms with Gasteiger partial charge in [0, 0.05) is 11.1 Å². The lowest BCUT2D eigenvalue weighted by Crippen LogP contribution is -2.36. The van der Waals surface area contributed by atoms with Crippen LogP contribution in [0, 0.1) is 0 Å². The van der Waals surface area contributed by atoms with Crippen LogP contribution in [-0.4, -0.2) is 111 Å². The maximum atomic E-state index is 13.7. The Morgan fingerprint density at radius 2 is 0.981 bits per heavy atom. The molecule has 0 saturated carbocycles. The van der Waals surface area contributed by atoms with E-state index in [9.17, 15) is 19.2 Å². The maximum Gasteiger partial charge on any atom is 0.339 e. The molecule has 2 fully saturated rings. The van der Waals surface area contributed by atoms with Crippen LogP contribution in [0.5, 0.6) is 0 Å². The van der Waals surface area contributed by atoms with Crippen LogP contribution in [0.25, 0.3) is 0 Å². The van der Waals surface area contributed by atoms with E-state index in [-0.39, 0.29) is 38.2 Å². The quantitative estimate of drug-likeness (QED) is 0.0966. The number of likely N-dealkylation sites (N-methyl/N-ethyl adjacent to an activating group) is 2. The van der Waals surface area contributed by atoms with Gasteiger partial charge in [0.2, 0.25) is 0 Å². The number of ether oxygens (including phenoxy) is 6. The van der Waals surface area contributed by atoms with Gasteiger partial charge in [-0.05, 0) is 64.0 Å². The fourth-order valence-corrected chi connectivity index (χ4v) is 6.95. The van der Waals surface area contributed by atoms with Crippen LogP contribution >= 0.6 is 0 Å². The molecule has 0 bridgehead atoms. The van der Waals surface area contributed by atoms with Crippen molar-refractivity contribution < 1.29 is 47.6 Å². The van der Waals surface area contributed by atoms with E-state index >= 15 is 0 Å². The number of unbranched alkanes of at least 4 members (excludes halogenated alkanes) is 2. The summed E-state index contributed by atoms with van der Waals surface area (Å²) in [6.45, 7) is 15.5. The first-order valence-electron chi connectivity index (χ1n) is 19.8. The number of nitrogens with zero attached hydrogens (tertiary/aromatic N) is 2. The van der Waals surface area contributed by atoms with Crippen molar-refractivity contribution in [1.82, 2.24) is 9.80 Å². The zero-order chi connectivity index (χ0) is 39.0. The molecule has 0 spiro atoms. The van der Waals surface area contributed by atoms with Gasteiger partial charge in [0.05, 0.1) is 37.4 Å². The molecular weight excluding hydrogens is 692 g/mol. The predicted molar refractivity (Wildman–Crippen MR) is 203 cm³/mol. The van der Waals surface area contributed by atoms with E-state index in [4.69, 9.17) is 28.4 Å². The molecule has 2 heterocycles. The Labute approximate surface area is 320 Å². The number of rotatable bonds is 22. The van der Waals surface area contributed by atoms with Gasteiger partial charge in [-0.1, -0.05) is 90.8 Å². The normalized spacial score (nSPS) is 20.4. The second-order valence-electron chi connectivity index (χ2n) is 13.8. The summed E-state index contributed by atoms with van der Waals surface area (Å²) in [6.07, 6.45) is 0.583. The van der Waals surface area contributed by atoms with Crippen molar-refractivity contribution in [3.8, 4) is 0 Å². The van der Waals surface area contributed by atoms with Crippen molar-refractivity contribution >= 4 is 23.9 Å². The average Bonchev–Trinajstić information content (AvgIpc) is 3.78. The summed E-state index contributed by atoms with van der Waals surface area (Å²) in [6, 6.07) is 14.1. The third kappa shape index (κ3) is 11.6. The Balaban J connectivity index is 1.43. The van der Waals surface area contributed by atoms with Crippen LogP contribution in [-0.2, 0) is 38.0 Å². The van der Waals surface area contributed by atoms with E-state index in [1.807, 2.05) is 49.6 Å². The summed E-state index contributed by atoms with van der Waals surface area (Å²) in [5.74, 6) is -1.84. The Bertz CT molecular complexity index is 1400. The summed E-state index contributed by atoms with van der Waals surface area (Å²) in [7, 11) is 0. The van der Waals surface area contributed by atoms with E-state index in [0.29, 0.717) is 35.1 Å². The molecule has 0 N–H and O–H groups in total. The molecule has 2 aromatic rings. The molecule has 2 aliphatic heterocycles. The highest BCUT2D eigenvalue weighted by Gasteiger charge is 2.51. The van der Waals surface area contributed by atoms with Gasteiger partial charge in [-0.2, -0.15) is 0 Å². The Hall–Kier alpha value is -3.84. The van der Waals surface area contributed by atoms with Crippen LogP contribution in [0.1, 0.15) is 124 Å². The number of hydrogen-bond acceptors (Lipinski definition) is 12. The number of benzene rings is 2. The molecule has 54 heavy (non-hydrogen) atoms. The van der Waals surface area contributed by atoms with Gasteiger partial charge in [-0.15, -0.1) is 0 Å². The summed E-state index contributed by atoms with van der Waals surface area (Å²) in [5, 5.41) is 0. The molecule has 12 nitrogen and oxygen atoms in total. The van der Waals surface area contributed by atoms with Gasteiger partial charge in [0.15, 0.2) is 12.2 Å². The van der Waals surface area contributed by atoms with Crippen molar-refractivity contribution in [3.63, 3.8) is 0 Å². The van der Waals surface area contributed by atoms with Gasteiger partial charge in [0.25, 0.3) is 0 Å². The Morgan fingerprint density at radius 1 is 0.611 bits per heavy atom. The van der Waals surface area contributed by atoms with Gasteiger partial charge in [-0.3, -0.25) is 19.4 Å². The lowest BCUT2D eigenvalue weighted by molar-refractivity contribution is -0.152. The van der Waals surface area contributed by atoms with E-state index in [1.165, 1.54) is 0 Å². The molecule has 2 aliphatic rings. The van der Waals surface area contributed by atoms with Gasteiger partial charge in [0.1, 0.15) is 24.4 Å². The largest absolute Gasteiger partial charge is 0.457 e. The smallest absolute Gasteiger partial charge is 0.339 e. The molecule has 298 valence electrons. The van der Waals surface area contributed by atoms with E-state index in [0.717, 1.165) is 51.9 Å². The molecule has 12 heteroatoms. The molecule has 2 aromatic carbocycles. The third-order valence-corrected chi connectivity index (χ3v) is 10.2. The van der Waals surface area contributed by atoms with Crippen molar-refractivity contribution in [3.05, 3.63) is 70.8 Å². The first-order valence-corrected chi connectivity index (χ1v) is 19.8. The number of carbonyl (C=O) groups excluding carboxylic acids is 4. The van der Waals surface area contributed by atoms with Crippen LogP contribution in [0.3, 0.4) is 0 Å². The standard InChI is InChI=1S/C42H60N2O10/c1-7-13-23-33(51-37(45)25-43(9-3)10-4)29-19-15-17-21-31(29)41(47)53-35-27-49-40-36(28-50-39(35)40)54-42(48)32-22-18-16-20-30(32)34(24-14-8-2)52-38(46)26-44(11-5)12-6/h15-22,33-36,39-40H,7-14,23-28H2,1-6H3/t33-,34-,35-,36+,39+,40+/m0/s1. The van der Waals surface area contributed by atoms with E-state index in [1.54, 1.807) is 36.4 Å². The monoisotopic (exact) mass is 752 g/mol. The van der Waals surface area contributed by atoms with E-state index in [2.05, 4.69) is 13.8 Å². The first kappa shape index (κ1) is 42.9. The minimum Gasteiger partial charge on any atom is -0.457 e. The second-order valence-corrected chi connectivity index (χ2v) is 13.8. The first-order chi connectivity index (χ1) is 26.2. The van der Waals surface area contributed by atoms with Crippen molar-refractivity contribution in [2.75, 3.05) is 52.5 Å². The van der Waals surface area contributed by atoms with Crippen molar-refractivity contribution in [1.29, 1.82) is 0 Å². The van der Waals surface area contributed by atoms with Crippen molar-refractivity contribution in [2.24, 2.45) is 0 Å². The fourth-order valence-electron chi connectivity index (χ4n) is 6.95.